The van der Waals surface area contributed by atoms with E-state index in [-0.39, 0.29) is 11.3 Å². The van der Waals surface area contributed by atoms with Crippen molar-refractivity contribution in [2.45, 2.75) is 26.7 Å². The zero-order chi connectivity index (χ0) is 23.9. The Kier molecular flexibility index (Phi) is 5.65. The Morgan fingerprint density at radius 3 is 1.68 bits per heavy atom. The zero-order valence-electron chi connectivity index (χ0n) is 20.8. The van der Waals surface area contributed by atoms with Crippen LogP contribution in [0.2, 0.25) is 0 Å². The van der Waals surface area contributed by atoms with Crippen LogP contribution in [0.1, 0.15) is 37.8 Å². The summed E-state index contributed by atoms with van der Waals surface area (Å²) in [5, 5.41) is 5.16. The van der Waals surface area contributed by atoms with E-state index in [9.17, 15) is 0 Å². The van der Waals surface area contributed by atoms with Gasteiger partial charge in [0, 0.05) is 31.3 Å². The Morgan fingerprint density at radius 1 is 0.559 bits per heavy atom. The van der Waals surface area contributed by atoms with Crippen LogP contribution in [-0.4, -0.2) is 14.1 Å². The maximum Gasteiger partial charge on any atom is 0.0447 e. The predicted octanol–water partition coefficient (Wildman–Crippen LogP) is 8.90. The Hall–Kier alpha value is -3.58. The number of nitrogens with zero attached hydrogens (tertiary/aromatic N) is 1. The first kappa shape index (κ1) is 22.2. The molecule has 0 aliphatic rings. The smallest absolute Gasteiger partial charge is 0.0447 e. The molecule has 1 heteroatoms. The second kappa shape index (κ2) is 8.65. The largest absolute Gasteiger partial charge is 0.377 e. The molecule has 0 heterocycles. The second-order valence-corrected chi connectivity index (χ2v) is 10.5. The molecule has 0 aromatic heterocycles. The first-order valence-corrected chi connectivity index (χ1v) is 12.1. The molecule has 0 N–H and O–H groups in total. The molecule has 0 aliphatic carbocycles. The van der Waals surface area contributed by atoms with Crippen LogP contribution in [0.4, 0.5) is 5.69 Å². The minimum absolute atomic E-state index is 0.0431. The van der Waals surface area contributed by atoms with Crippen molar-refractivity contribution in [3.63, 3.8) is 0 Å². The summed E-state index contributed by atoms with van der Waals surface area (Å²) in [6.45, 7) is 7.08. The fourth-order valence-electron chi connectivity index (χ4n) is 5.49. The van der Waals surface area contributed by atoms with Crippen LogP contribution in [0.3, 0.4) is 0 Å². The molecule has 5 rings (SSSR count). The summed E-state index contributed by atoms with van der Waals surface area (Å²) in [7, 11) is 4.30. The van der Waals surface area contributed by atoms with Crippen LogP contribution in [-0.2, 0) is 0 Å². The summed E-state index contributed by atoms with van der Waals surface area (Å²) < 4.78 is 0. The molecule has 0 amide bonds. The molecule has 1 atom stereocenters. The maximum atomic E-state index is 2.38. The fourth-order valence-corrected chi connectivity index (χ4v) is 5.49. The standard InChI is InChI=1S/C33H33N/c1-33(2,3)32(25-15-7-6-8-16-25)28-21-19-23-13-9-11-17-26(23)30(28)31-27-18-12-10-14-24(27)20-22-29(31)34(4)5/h6-22,32H,1-5H3/t32-/m0/s1. The van der Waals surface area contributed by atoms with Crippen molar-refractivity contribution in [3.05, 3.63) is 114 Å². The van der Waals surface area contributed by atoms with Gasteiger partial charge < -0.3 is 4.90 Å². The van der Waals surface area contributed by atoms with Crippen LogP contribution < -0.4 is 4.90 Å². The van der Waals surface area contributed by atoms with E-state index >= 15 is 0 Å². The van der Waals surface area contributed by atoms with Crippen LogP contribution >= 0.6 is 0 Å². The fraction of sp³-hybridized carbons (Fsp3) is 0.212. The highest BCUT2D eigenvalue weighted by molar-refractivity contribution is 6.11. The van der Waals surface area contributed by atoms with Gasteiger partial charge in [-0.1, -0.05) is 118 Å². The van der Waals surface area contributed by atoms with Gasteiger partial charge in [-0.3, -0.25) is 0 Å². The lowest BCUT2D eigenvalue weighted by atomic mass is 9.70. The molecule has 5 aromatic rings. The molecule has 1 nitrogen and oxygen atoms in total. The van der Waals surface area contributed by atoms with Gasteiger partial charge in [-0.05, 0) is 49.7 Å². The van der Waals surface area contributed by atoms with E-state index in [1.54, 1.807) is 0 Å². The molecule has 0 aliphatic heterocycles. The van der Waals surface area contributed by atoms with E-state index in [0.29, 0.717) is 0 Å². The second-order valence-electron chi connectivity index (χ2n) is 10.5. The highest BCUT2D eigenvalue weighted by atomic mass is 15.1. The maximum absolute atomic E-state index is 2.38. The van der Waals surface area contributed by atoms with E-state index in [0.717, 1.165) is 0 Å². The van der Waals surface area contributed by atoms with Gasteiger partial charge in [0.25, 0.3) is 0 Å². The number of benzene rings is 5. The highest BCUT2D eigenvalue weighted by Gasteiger charge is 2.31. The van der Waals surface area contributed by atoms with Gasteiger partial charge in [0.1, 0.15) is 0 Å². The first-order valence-electron chi connectivity index (χ1n) is 12.1. The summed E-state index contributed by atoms with van der Waals surface area (Å²) in [6.07, 6.45) is 0. The minimum Gasteiger partial charge on any atom is -0.377 e. The molecule has 0 unspecified atom stereocenters. The highest BCUT2D eigenvalue weighted by Crippen LogP contribution is 2.49. The number of hydrogen-bond donors (Lipinski definition) is 0. The number of fused-ring (bicyclic) bond motifs is 2. The van der Waals surface area contributed by atoms with Gasteiger partial charge in [-0.15, -0.1) is 0 Å². The third-order valence-corrected chi connectivity index (χ3v) is 6.91. The molecule has 5 aromatic carbocycles. The molecular formula is C33H33N. The molecule has 0 radical (unpaired) electrons. The molecule has 0 fully saturated rings. The third-order valence-electron chi connectivity index (χ3n) is 6.91. The van der Waals surface area contributed by atoms with Gasteiger partial charge >= 0.3 is 0 Å². The van der Waals surface area contributed by atoms with E-state index in [1.807, 2.05) is 0 Å². The van der Waals surface area contributed by atoms with Gasteiger partial charge in [0.15, 0.2) is 0 Å². The summed E-state index contributed by atoms with van der Waals surface area (Å²) >= 11 is 0. The van der Waals surface area contributed by atoms with Gasteiger partial charge in [0.05, 0.1) is 0 Å². The molecule has 170 valence electrons. The zero-order valence-corrected chi connectivity index (χ0v) is 20.8. The van der Waals surface area contributed by atoms with Gasteiger partial charge in [-0.2, -0.15) is 0 Å². The van der Waals surface area contributed by atoms with E-state index in [1.165, 1.54) is 49.5 Å². The Balaban J connectivity index is 1.97. The van der Waals surface area contributed by atoms with Crippen LogP contribution in [0.25, 0.3) is 32.7 Å². The Morgan fingerprint density at radius 2 is 1.09 bits per heavy atom. The molecule has 0 saturated heterocycles. The SMILES string of the molecule is CN(C)c1ccc2ccccc2c1-c1c([C@H](c2ccccc2)C(C)(C)C)ccc2ccccc12. The lowest BCUT2D eigenvalue weighted by Gasteiger charge is -2.34. The van der Waals surface area contributed by atoms with Crippen molar-refractivity contribution >= 4 is 27.2 Å². The molecule has 0 saturated carbocycles. The average Bonchev–Trinajstić information content (AvgIpc) is 2.83. The summed E-state index contributed by atoms with van der Waals surface area (Å²) in [5.41, 5.74) is 6.70. The quantitative estimate of drug-likeness (QED) is 0.268. The molecular weight excluding hydrogens is 410 g/mol. The summed E-state index contributed by atoms with van der Waals surface area (Å²) in [5.74, 6) is 0.252. The van der Waals surface area contributed by atoms with E-state index in [2.05, 4.69) is 143 Å². The third kappa shape index (κ3) is 3.86. The lowest BCUT2D eigenvalue weighted by molar-refractivity contribution is 0.359. The van der Waals surface area contributed by atoms with Gasteiger partial charge in [-0.25, -0.2) is 0 Å². The minimum atomic E-state index is 0.0431. The number of anilines is 1. The van der Waals surface area contributed by atoms with Crippen LogP contribution in [0.5, 0.6) is 0 Å². The predicted molar refractivity (Wildman–Crippen MR) is 149 cm³/mol. The monoisotopic (exact) mass is 443 g/mol. The van der Waals surface area contributed by atoms with Crippen molar-refractivity contribution in [2.75, 3.05) is 19.0 Å². The van der Waals surface area contributed by atoms with E-state index < -0.39 is 0 Å². The number of rotatable bonds is 4. The van der Waals surface area contributed by atoms with Crippen molar-refractivity contribution in [2.24, 2.45) is 5.41 Å². The first-order chi connectivity index (χ1) is 16.4. The summed E-state index contributed by atoms with van der Waals surface area (Å²) in [6, 6.07) is 37.8. The van der Waals surface area contributed by atoms with E-state index in [4.69, 9.17) is 0 Å². The van der Waals surface area contributed by atoms with Crippen LogP contribution in [0.15, 0.2) is 103 Å². The summed E-state index contributed by atoms with van der Waals surface area (Å²) in [4.78, 5) is 2.25. The van der Waals surface area contributed by atoms with Crippen molar-refractivity contribution in [1.82, 2.24) is 0 Å². The Labute approximate surface area is 203 Å². The van der Waals surface area contributed by atoms with Crippen molar-refractivity contribution < 1.29 is 0 Å². The number of hydrogen-bond acceptors (Lipinski definition) is 1. The average molecular weight is 444 g/mol. The van der Waals surface area contributed by atoms with Gasteiger partial charge in [0.2, 0.25) is 0 Å². The van der Waals surface area contributed by atoms with Crippen LogP contribution in [0, 0.1) is 5.41 Å². The molecule has 0 bridgehead atoms. The van der Waals surface area contributed by atoms with Crippen molar-refractivity contribution in [3.8, 4) is 11.1 Å². The van der Waals surface area contributed by atoms with Crippen molar-refractivity contribution in [1.29, 1.82) is 0 Å². The normalized spacial score (nSPS) is 12.7. The Bertz CT molecular complexity index is 1460. The topological polar surface area (TPSA) is 3.24 Å². The lowest BCUT2D eigenvalue weighted by Crippen LogP contribution is -2.21. The molecule has 34 heavy (non-hydrogen) atoms. The molecule has 0 spiro atoms.